The second-order valence-corrected chi connectivity index (χ2v) is 6.96. The molecule has 4 rings (SSSR count). The van der Waals surface area contributed by atoms with Gasteiger partial charge in [-0.15, -0.1) is 11.3 Å². The molecule has 0 saturated carbocycles. The Hall–Kier alpha value is -3.06. The van der Waals surface area contributed by atoms with Crippen molar-refractivity contribution < 1.29 is 9.18 Å². The van der Waals surface area contributed by atoms with E-state index in [1.807, 2.05) is 19.1 Å². The predicted octanol–water partition coefficient (Wildman–Crippen LogP) is 4.48. The van der Waals surface area contributed by atoms with Gasteiger partial charge in [0, 0.05) is 29.5 Å². The van der Waals surface area contributed by atoms with Crippen LogP contribution in [0, 0.1) is 5.82 Å². The van der Waals surface area contributed by atoms with Gasteiger partial charge in [0.25, 0.3) is 5.91 Å². The Kier molecular flexibility index (Phi) is 4.68. The number of benzene rings is 1. The number of nitrogens with one attached hydrogen (secondary N) is 1. The highest BCUT2D eigenvalue weighted by molar-refractivity contribution is 7.15. The third kappa shape index (κ3) is 3.46. The van der Waals surface area contributed by atoms with Crippen LogP contribution in [0.1, 0.15) is 35.4 Å². The number of hydrogen-bond donors (Lipinski definition) is 1. The van der Waals surface area contributed by atoms with Gasteiger partial charge in [-0.05, 0) is 48.4 Å². The lowest BCUT2D eigenvalue weighted by molar-refractivity contribution is 0.0930. The zero-order chi connectivity index (χ0) is 18.8. The number of imidazole rings is 1. The third-order valence-electron chi connectivity index (χ3n) is 4.40. The SMILES string of the molecule is CC[C@H](NC(=O)c1csc2nc(-c3ccc(F)cc3)cn12)c1ccncc1. The highest BCUT2D eigenvalue weighted by Crippen LogP contribution is 2.24. The Morgan fingerprint density at radius 2 is 1.96 bits per heavy atom. The van der Waals surface area contributed by atoms with E-state index in [0.717, 1.165) is 22.5 Å². The van der Waals surface area contributed by atoms with Gasteiger partial charge in [-0.2, -0.15) is 0 Å². The second-order valence-electron chi connectivity index (χ2n) is 6.12. The van der Waals surface area contributed by atoms with E-state index in [1.54, 1.807) is 40.5 Å². The zero-order valence-corrected chi connectivity index (χ0v) is 15.4. The zero-order valence-electron chi connectivity index (χ0n) is 14.6. The van der Waals surface area contributed by atoms with Crippen molar-refractivity contribution in [1.82, 2.24) is 19.7 Å². The molecule has 4 aromatic rings. The summed E-state index contributed by atoms with van der Waals surface area (Å²) < 4.78 is 14.9. The molecule has 0 saturated heterocycles. The maximum Gasteiger partial charge on any atom is 0.269 e. The van der Waals surface area contributed by atoms with Gasteiger partial charge < -0.3 is 5.32 Å². The Morgan fingerprint density at radius 1 is 1.22 bits per heavy atom. The average Bonchev–Trinajstić information content (AvgIpc) is 3.28. The topological polar surface area (TPSA) is 59.3 Å². The van der Waals surface area contributed by atoms with Gasteiger partial charge in [-0.25, -0.2) is 9.37 Å². The summed E-state index contributed by atoms with van der Waals surface area (Å²) in [6.07, 6.45) is 6.02. The van der Waals surface area contributed by atoms with Crippen molar-refractivity contribution in [3.05, 3.63) is 77.4 Å². The van der Waals surface area contributed by atoms with E-state index in [0.29, 0.717) is 11.4 Å². The highest BCUT2D eigenvalue weighted by Gasteiger charge is 2.19. The van der Waals surface area contributed by atoms with Crippen LogP contribution in [0.2, 0.25) is 0 Å². The van der Waals surface area contributed by atoms with Crippen LogP contribution in [0.3, 0.4) is 0 Å². The fraction of sp³-hybridized carbons (Fsp3) is 0.150. The minimum atomic E-state index is -0.290. The van der Waals surface area contributed by atoms with Gasteiger partial charge in [0.15, 0.2) is 4.96 Å². The predicted molar refractivity (Wildman–Crippen MR) is 103 cm³/mol. The van der Waals surface area contributed by atoms with Crippen molar-refractivity contribution in [3.63, 3.8) is 0 Å². The van der Waals surface area contributed by atoms with Crippen LogP contribution in [-0.2, 0) is 0 Å². The summed E-state index contributed by atoms with van der Waals surface area (Å²) in [6, 6.07) is 9.88. The van der Waals surface area contributed by atoms with Crippen LogP contribution in [0.25, 0.3) is 16.2 Å². The molecule has 136 valence electrons. The first-order valence-electron chi connectivity index (χ1n) is 8.59. The number of nitrogens with zero attached hydrogens (tertiary/aromatic N) is 3. The first-order chi connectivity index (χ1) is 13.2. The molecule has 0 aliphatic rings. The largest absolute Gasteiger partial charge is 0.344 e. The van der Waals surface area contributed by atoms with E-state index in [9.17, 15) is 9.18 Å². The number of aromatic nitrogens is 3. The monoisotopic (exact) mass is 380 g/mol. The summed E-state index contributed by atoms with van der Waals surface area (Å²) >= 11 is 1.40. The van der Waals surface area contributed by atoms with Gasteiger partial charge in [0.1, 0.15) is 11.5 Å². The molecule has 1 N–H and O–H groups in total. The summed E-state index contributed by atoms with van der Waals surface area (Å²) in [7, 11) is 0. The molecule has 0 fully saturated rings. The Labute approximate surface area is 159 Å². The molecule has 0 spiro atoms. The molecule has 3 heterocycles. The van der Waals surface area contributed by atoms with Gasteiger partial charge in [0.2, 0.25) is 0 Å². The minimum absolute atomic E-state index is 0.0875. The molecular weight excluding hydrogens is 363 g/mol. The van der Waals surface area contributed by atoms with Crippen LogP contribution in [-0.4, -0.2) is 20.3 Å². The second kappa shape index (κ2) is 7.28. The first kappa shape index (κ1) is 17.4. The van der Waals surface area contributed by atoms with E-state index >= 15 is 0 Å². The van der Waals surface area contributed by atoms with Crippen LogP contribution in [0.15, 0.2) is 60.4 Å². The lowest BCUT2D eigenvalue weighted by Gasteiger charge is -2.16. The summed E-state index contributed by atoms with van der Waals surface area (Å²) in [4.78, 5) is 22.1. The molecule has 0 aliphatic heterocycles. The number of carbonyl (C=O) groups excluding carboxylic acids is 1. The molecule has 1 amide bonds. The van der Waals surface area contributed by atoms with Crippen LogP contribution in [0.4, 0.5) is 4.39 Å². The summed E-state index contributed by atoms with van der Waals surface area (Å²) in [6.45, 7) is 2.03. The number of halogens is 1. The third-order valence-corrected chi connectivity index (χ3v) is 5.24. The molecule has 7 heteroatoms. The van der Waals surface area contributed by atoms with Crippen LogP contribution in [0.5, 0.6) is 0 Å². The van der Waals surface area contributed by atoms with E-state index in [-0.39, 0.29) is 17.8 Å². The van der Waals surface area contributed by atoms with E-state index in [4.69, 9.17) is 0 Å². The van der Waals surface area contributed by atoms with Gasteiger partial charge >= 0.3 is 0 Å². The maximum absolute atomic E-state index is 13.1. The van der Waals surface area contributed by atoms with Crippen molar-refractivity contribution in [1.29, 1.82) is 0 Å². The van der Waals surface area contributed by atoms with Crippen molar-refractivity contribution in [2.75, 3.05) is 0 Å². The quantitative estimate of drug-likeness (QED) is 0.555. The fourth-order valence-electron chi connectivity index (χ4n) is 2.96. The number of carbonyl (C=O) groups is 1. The number of rotatable bonds is 5. The molecule has 3 aromatic heterocycles. The first-order valence-corrected chi connectivity index (χ1v) is 9.47. The van der Waals surface area contributed by atoms with Crippen molar-refractivity contribution >= 4 is 22.2 Å². The van der Waals surface area contributed by atoms with E-state index in [1.165, 1.54) is 23.5 Å². The Bertz CT molecular complexity index is 1070. The summed E-state index contributed by atoms with van der Waals surface area (Å²) in [5.41, 5.74) is 3.06. The van der Waals surface area contributed by atoms with Gasteiger partial charge in [-0.1, -0.05) is 6.92 Å². The smallest absolute Gasteiger partial charge is 0.269 e. The van der Waals surface area contributed by atoms with E-state index in [2.05, 4.69) is 15.3 Å². The number of hydrogen-bond acceptors (Lipinski definition) is 4. The van der Waals surface area contributed by atoms with Crippen LogP contribution < -0.4 is 5.32 Å². The number of pyridine rings is 1. The molecule has 5 nitrogen and oxygen atoms in total. The Morgan fingerprint density at radius 3 is 2.67 bits per heavy atom. The average molecular weight is 380 g/mol. The fourth-order valence-corrected chi connectivity index (χ4v) is 3.81. The lowest BCUT2D eigenvalue weighted by Crippen LogP contribution is -2.29. The molecular formula is C20H17FN4OS. The van der Waals surface area contributed by atoms with E-state index < -0.39 is 0 Å². The number of fused-ring (bicyclic) bond motifs is 1. The Balaban J connectivity index is 1.61. The lowest BCUT2D eigenvalue weighted by atomic mass is 10.1. The molecule has 0 aliphatic carbocycles. The summed E-state index contributed by atoms with van der Waals surface area (Å²) in [5.74, 6) is -0.450. The molecule has 27 heavy (non-hydrogen) atoms. The molecule has 1 aromatic carbocycles. The molecule has 0 bridgehead atoms. The molecule has 0 unspecified atom stereocenters. The highest BCUT2D eigenvalue weighted by atomic mass is 32.1. The molecule has 1 atom stereocenters. The minimum Gasteiger partial charge on any atom is -0.344 e. The molecule has 0 radical (unpaired) electrons. The van der Waals surface area contributed by atoms with Crippen LogP contribution >= 0.6 is 11.3 Å². The van der Waals surface area contributed by atoms with Gasteiger partial charge in [0.05, 0.1) is 11.7 Å². The number of amides is 1. The maximum atomic E-state index is 13.1. The normalized spacial score (nSPS) is 12.2. The standard InChI is InChI=1S/C20H17FN4OS/c1-2-16(14-7-9-22-10-8-14)23-19(26)18-12-27-20-24-17(11-25(18)20)13-3-5-15(21)6-4-13/h3-12,16H,2H2,1H3,(H,23,26)/t16-/m0/s1. The van der Waals surface area contributed by atoms with Crippen molar-refractivity contribution in [2.45, 2.75) is 19.4 Å². The number of thiazole rings is 1. The van der Waals surface area contributed by atoms with Gasteiger partial charge in [-0.3, -0.25) is 14.2 Å². The van der Waals surface area contributed by atoms with Crippen molar-refractivity contribution in [2.24, 2.45) is 0 Å². The van der Waals surface area contributed by atoms with Crippen molar-refractivity contribution in [3.8, 4) is 11.3 Å². The summed E-state index contributed by atoms with van der Waals surface area (Å²) in [5, 5.41) is 4.87.